The van der Waals surface area contributed by atoms with E-state index < -0.39 is 10.0 Å². The molecule has 0 spiro atoms. The Balaban J connectivity index is 1.39. The van der Waals surface area contributed by atoms with E-state index in [9.17, 15) is 13.2 Å². The van der Waals surface area contributed by atoms with Crippen LogP contribution in [-0.2, 0) is 16.6 Å². The molecule has 32 heavy (non-hydrogen) atoms. The van der Waals surface area contributed by atoms with E-state index in [1.54, 1.807) is 18.2 Å². The van der Waals surface area contributed by atoms with E-state index in [0.717, 1.165) is 37.6 Å². The van der Waals surface area contributed by atoms with Crippen LogP contribution >= 0.6 is 0 Å². The molecule has 0 aliphatic carbocycles. The first-order chi connectivity index (χ1) is 15.3. The molecule has 0 saturated carbocycles. The van der Waals surface area contributed by atoms with Gasteiger partial charge in [-0.1, -0.05) is 25.1 Å². The highest BCUT2D eigenvalue weighted by atomic mass is 32.2. The smallest absolute Gasteiger partial charge is 0.251 e. The Morgan fingerprint density at radius 1 is 1.12 bits per heavy atom. The van der Waals surface area contributed by atoms with Gasteiger partial charge in [0, 0.05) is 24.3 Å². The maximum Gasteiger partial charge on any atom is 0.251 e. The Labute approximate surface area is 191 Å². The molecule has 1 aliphatic rings. The number of nitrogens with zero attached hydrogens (tertiary/aromatic N) is 1. The SMILES string of the molecule is CC1CCN(Cc2cccc(OCCCNC(=O)c3cccc(NS(C)(=O)=O)c3)c2)CC1. The van der Waals surface area contributed by atoms with Crippen LogP contribution in [0.15, 0.2) is 48.5 Å². The van der Waals surface area contributed by atoms with Crippen LogP contribution in [0.5, 0.6) is 5.75 Å². The Kier molecular flexibility index (Phi) is 8.53. The van der Waals surface area contributed by atoms with Gasteiger partial charge < -0.3 is 10.1 Å². The fraction of sp³-hybridized carbons (Fsp3) is 0.458. The van der Waals surface area contributed by atoms with Crippen molar-refractivity contribution in [3.8, 4) is 5.75 Å². The lowest BCUT2D eigenvalue weighted by atomic mass is 9.99. The normalized spacial score (nSPS) is 15.3. The summed E-state index contributed by atoms with van der Waals surface area (Å²) in [5.74, 6) is 1.42. The molecule has 2 aromatic rings. The Bertz CT molecular complexity index is 1000. The topological polar surface area (TPSA) is 87.7 Å². The molecule has 7 nitrogen and oxygen atoms in total. The number of carbonyl (C=O) groups excluding carboxylic acids is 1. The van der Waals surface area contributed by atoms with E-state index in [2.05, 4.69) is 34.0 Å². The quantitative estimate of drug-likeness (QED) is 0.531. The number of sulfonamides is 1. The van der Waals surface area contributed by atoms with E-state index in [0.29, 0.717) is 30.8 Å². The van der Waals surface area contributed by atoms with Crippen molar-refractivity contribution in [2.45, 2.75) is 32.7 Å². The molecule has 8 heteroatoms. The average Bonchev–Trinajstić information content (AvgIpc) is 2.74. The second-order valence-electron chi connectivity index (χ2n) is 8.52. The summed E-state index contributed by atoms with van der Waals surface area (Å²) in [6.45, 7) is 6.54. The molecule has 0 radical (unpaired) electrons. The number of anilines is 1. The zero-order valence-electron chi connectivity index (χ0n) is 18.8. The number of piperidine rings is 1. The maximum atomic E-state index is 12.3. The molecule has 174 valence electrons. The zero-order valence-corrected chi connectivity index (χ0v) is 19.7. The lowest BCUT2D eigenvalue weighted by Crippen LogP contribution is -2.32. The third kappa shape index (κ3) is 8.16. The minimum atomic E-state index is -3.39. The van der Waals surface area contributed by atoms with Gasteiger partial charge in [0.2, 0.25) is 10.0 Å². The predicted octanol–water partition coefficient (Wildman–Crippen LogP) is 3.49. The van der Waals surface area contributed by atoms with Crippen molar-refractivity contribution in [1.82, 2.24) is 10.2 Å². The van der Waals surface area contributed by atoms with Gasteiger partial charge in [0.05, 0.1) is 12.9 Å². The van der Waals surface area contributed by atoms with Crippen molar-refractivity contribution in [3.05, 3.63) is 59.7 Å². The largest absolute Gasteiger partial charge is 0.494 e. The summed E-state index contributed by atoms with van der Waals surface area (Å²) in [5.41, 5.74) is 2.02. The fourth-order valence-electron chi connectivity index (χ4n) is 3.72. The van der Waals surface area contributed by atoms with E-state index in [1.165, 1.54) is 24.5 Å². The number of likely N-dealkylation sites (tertiary alicyclic amines) is 1. The van der Waals surface area contributed by atoms with Crippen molar-refractivity contribution in [2.75, 3.05) is 37.2 Å². The number of nitrogens with one attached hydrogen (secondary N) is 2. The van der Waals surface area contributed by atoms with Gasteiger partial charge >= 0.3 is 0 Å². The molecule has 0 aromatic heterocycles. The van der Waals surface area contributed by atoms with Crippen LogP contribution in [0.4, 0.5) is 5.69 Å². The lowest BCUT2D eigenvalue weighted by molar-refractivity contribution is 0.0951. The van der Waals surface area contributed by atoms with Gasteiger partial charge in [0.15, 0.2) is 0 Å². The number of carbonyl (C=O) groups is 1. The predicted molar refractivity (Wildman–Crippen MR) is 127 cm³/mol. The van der Waals surface area contributed by atoms with Gasteiger partial charge in [-0.3, -0.25) is 14.4 Å². The molecule has 1 aliphatic heterocycles. The van der Waals surface area contributed by atoms with Crippen molar-refractivity contribution in [1.29, 1.82) is 0 Å². The number of benzene rings is 2. The fourth-order valence-corrected chi connectivity index (χ4v) is 4.27. The van der Waals surface area contributed by atoms with E-state index in [4.69, 9.17) is 4.74 Å². The van der Waals surface area contributed by atoms with Crippen LogP contribution in [0.1, 0.15) is 42.1 Å². The standard InChI is InChI=1S/C24H33N3O4S/c1-19-10-13-27(14-11-19)18-20-6-3-9-23(16-20)31-15-5-12-25-24(28)21-7-4-8-22(17-21)26-32(2,29)30/h3-4,6-9,16-17,19,26H,5,10-15,18H2,1-2H3,(H,25,28). The first-order valence-electron chi connectivity index (χ1n) is 11.1. The average molecular weight is 460 g/mol. The molecular weight excluding hydrogens is 426 g/mol. The number of hydrogen-bond donors (Lipinski definition) is 2. The molecule has 1 amide bonds. The first-order valence-corrected chi connectivity index (χ1v) is 13.0. The molecule has 0 unspecified atom stereocenters. The summed E-state index contributed by atoms with van der Waals surface area (Å²) < 4.78 is 30.9. The number of rotatable bonds is 10. The Morgan fingerprint density at radius 2 is 1.88 bits per heavy atom. The van der Waals surface area contributed by atoms with Gasteiger partial charge in [0.1, 0.15) is 5.75 Å². The second-order valence-corrected chi connectivity index (χ2v) is 10.3. The van der Waals surface area contributed by atoms with Crippen molar-refractivity contribution >= 4 is 21.6 Å². The summed E-state index contributed by atoms with van der Waals surface area (Å²) in [6.07, 6.45) is 4.27. The summed E-state index contributed by atoms with van der Waals surface area (Å²) in [7, 11) is -3.39. The third-order valence-electron chi connectivity index (χ3n) is 5.48. The molecule has 3 rings (SSSR count). The Hall–Kier alpha value is -2.58. The van der Waals surface area contributed by atoms with Crippen LogP contribution in [0.2, 0.25) is 0 Å². The molecule has 1 saturated heterocycles. The van der Waals surface area contributed by atoms with Gasteiger partial charge in [-0.15, -0.1) is 0 Å². The van der Waals surface area contributed by atoms with E-state index in [-0.39, 0.29) is 5.91 Å². The molecule has 2 aromatic carbocycles. The maximum absolute atomic E-state index is 12.3. The van der Waals surface area contributed by atoms with Gasteiger partial charge in [0.25, 0.3) is 5.91 Å². The number of ether oxygens (including phenoxy) is 1. The highest BCUT2D eigenvalue weighted by molar-refractivity contribution is 7.92. The van der Waals surface area contributed by atoms with Crippen LogP contribution < -0.4 is 14.8 Å². The summed E-state index contributed by atoms with van der Waals surface area (Å²) >= 11 is 0. The monoisotopic (exact) mass is 459 g/mol. The number of amides is 1. The summed E-state index contributed by atoms with van der Waals surface area (Å²) in [6, 6.07) is 14.6. The molecule has 1 heterocycles. The molecule has 0 bridgehead atoms. The highest BCUT2D eigenvalue weighted by Crippen LogP contribution is 2.20. The zero-order chi connectivity index (χ0) is 23.0. The minimum Gasteiger partial charge on any atom is -0.494 e. The summed E-state index contributed by atoms with van der Waals surface area (Å²) in [4.78, 5) is 14.8. The Morgan fingerprint density at radius 3 is 2.62 bits per heavy atom. The van der Waals surface area contributed by atoms with E-state index in [1.807, 2.05) is 12.1 Å². The molecular formula is C24H33N3O4S. The summed E-state index contributed by atoms with van der Waals surface area (Å²) in [5, 5.41) is 2.84. The molecule has 2 N–H and O–H groups in total. The van der Waals surface area contributed by atoms with Crippen LogP contribution in [0, 0.1) is 5.92 Å². The van der Waals surface area contributed by atoms with Crippen LogP contribution in [0.25, 0.3) is 0 Å². The third-order valence-corrected chi connectivity index (χ3v) is 6.09. The van der Waals surface area contributed by atoms with Crippen LogP contribution in [-0.4, -0.2) is 51.7 Å². The first kappa shape index (κ1) is 24.1. The van der Waals surface area contributed by atoms with E-state index >= 15 is 0 Å². The van der Waals surface area contributed by atoms with Crippen LogP contribution in [0.3, 0.4) is 0 Å². The molecule has 0 atom stereocenters. The highest BCUT2D eigenvalue weighted by Gasteiger charge is 2.15. The van der Waals surface area contributed by atoms with Gasteiger partial charge in [-0.2, -0.15) is 0 Å². The molecule has 1 fully saturated rings. The second kappa shape index (κ2) is 11.3. The lowest BCUT2D eigenvalue weighted by Gasteiger charge is -2.30. The number of hydrogen-bond acceptors (Lipinski definition) is 5. The van der Waals surface area contributed by atoms with Crippen molar-refractivity contribution < 1.29 is 17.9 Å². The minimum absolute atomic E-state index is 0.250. The van der Waals surface area contributed by atoms with Crippen molar-refractivity contribution in [2.24, 2.45) is 5.92 Å². The van der Waals surface area contributed by atoms with Crippen molar-refractivity contribution in [3.63, 3.8) is 0 Å². The van der Waals surface area contributed by atoms with Gasteiger partial charge in [-0.25, -0.2) is 8.42 Å². The van der Waals surface area contributed by atoms with Gasteiger partial charge in [-0.05, 0) is 74.2 Å².